The standard InChI is InChI=1S/C8H7NSe.HI/c1-6-9-7-4-2-3-5-8(7)10-6;/h2-5H,1H3;1H. The van der Waals surface area contributed by atoms with E-state index in [9.17, 15) is 0 Å². The number of para-hydroxylation sites is 1. The average molecular weight is 324 g/mol. The second-order valence-electron chi connectivity index (χ2n) is 2.28. The molecule has 2 aromatic rings. The van der Waals surface area contributed by atoms with Crippen molar-refractivity contribution in [3.05, 3.63) is 28.8 Å². The van der Waals surface area contributed by atoms with E-state index in [-0.39, 0.29) is 24.0 Å². The molecule has 0 fully saturated rings. The second-order valence-corrected chi connectivity index (χ2v) is 4.92. The number of hydrogen-bond acceptors (Lipinski definition) is 0. The maximum atomic E-state index is 3.34. The van der Waals surface area contributed by atoms with Gasteiger partial charge in [0.2, 0.25) is 0 Å². The Morgan fingerprint density at radius 3 is 2.73 bits per heavy atom. The molecule has 0 bridgehead atoms. The third-order valence-electron chi connectivity index (χ3n) is 1.46. The number of H-pyrrole nitrogens is 1. The summed E-state index contributed by atoms with van der Waals surface area (Å²) < 4.78 is 2.89. The number of aromatic nitrogens is 1. The van der Waals surface area contributed by atoms with Crippen LogP contribution in [0.25, 0.3) is 9.78 Å². The van der Waals surface area contributed by atoms with Crippen molar-refractivity contribution < 1.29 is 29.0 Å². The van der Waals surface area contributed by atoms with E-state index >= 15 is 0 Å². The summed E-state index contributed by atoms with van der Waals surface area (Å²) in [5.74, 6) is 0. The van der Waals surface area contributed by atoms with Crippen LogP contribution in [0.4, 0.5) is 0 Å². The van der Waals surface area contributed by atoms with Gasteiger partial charge in [0.05, 0.1) is 0 Å². The summed E-state index contributed by atoms with van der Waals surface area (Å²) in [4.78, 5) is 3.34. The van der Waals surface area contributed by atoms with E-state index in [1.54, 1.807) is 0 Å². The Morgan fingerprint density at radius 1 is 1.27 bits per heavy atom. The molecular formula is C8H8INSe. The molecule has 1 aromatic heterocycles. The summed E-state index contributed by atoms with van der Waals surface area (Å²) in [5, 5.41) is 0. The summed E-state index contributed by atoms with van der Waals surface area (Å²) in [6.07, 6.45) is 0. The van der Waals surface area contributed by atoms with Crippen LogP contribution in [0.5, 0.6) is 0 Å². The first-order chi connectivity index (χ1) is 4.86. The quantitative estimate of drug-likeness (QED) is 0.394. The van der Waals surface area contributed by atoms with Crippen LogP contribution in [0.15, 0.2) is 24.3 Å². The summed E-state index contributed by atoms with van der Waals surface area (Å²) in [6.45, 7) is 2.15. The minimum Gasteiger partial charge on any atom is -1.00 e. The second kappa shape index (κ2) is 3.70. The van der Waals surface area contributed by atoms with E-state index in [2.05, 4.69) is 36.2 Å². The summed E-state index contributed by atoms with van der Waals surface area (Å²) >= 11 is 0.566. The van der Waals surface area contributed by atoms with Crippen molar-refractivity contribution in [2.75, 3.05) is 0 Å². The van der Waals surface area contributed by atoms with Gasteiger partial charge in [0.25, 0.3) is 0 Å². The van der Waals surface area contributed by atoms with Gasteiger partial charge >= 0.3 is 65.0 Å². The molecule has 0 saturated carbocycles. The summed E-state index contributed by atoms with van der Waals surface area (Å²) in [7, 11) is 0. The Hall–Kier alpha value is 0.139. The Bertz CT molecular complexity index is 323. The van der Waals surface area contributed by atoms with E-state index in [0.29, 0.717) is 14.5 Å². The van der Waals surface area contributed by atoms with E-state index in [4.69, 9.17) is 0 Å². The summed E-state index contributed by atoms with van der Waals surface area (Å²) in [5.41, 5.74) is 1.31. The van der Waals surface area contributed by atoms with Gasteiger partial charge in [-0.25, -0.2) is 0 Å². The van der Waals surface area contributed by atoms with E-state index in [0.717, 1.165) is 0 Å². The van der Waals surface area contributed by atoms with Gasteiger partial charge in [-0.3, -0.25) is 0 Å². The van der Waals surface area contributed by atoms with Crippen LogP contribution in [0, 0.1) is 6.92 Å². The van der Waals surface area contributed by atoms with Gasteiger partial charge in [-0.05, 0) is 0 Å². The fourth-order valence-corrected chi connectivity index (χ4v) is 2.86. The fraction of sp³-hybridized carbons (Fsp3) is 0.125. The zero-order valence-corrected chi connectivity index (χ0v) is 9.97. The maximum Gasteiger partial charge on any atom is -1.00 e. The molecule has 58 valence electrons. The molecule has 0 spiro atoms. The van der Waals surface area contributed by atoms with Crippen LogP contribution in [0.3, 0.4) is 0 Å². The molecule has 1 heterocycles. The van der Waals surface area contributed by atoms with Crippen LogP contribution in [-0.4, -0.2) is 14.5 Å². The van der Waals surface area contributed by atoms with Gasteiger partial charge in [-0.1, -0.05) is 0 Å². The van der Waals surface area contributed by atoms with Gasteiger partial charge in [0.15, 0.2) is 0 Å². The number of aryl methyl sites for hydroxylation is 1. The molecule has 1 N–H and O–H groups in total. The van der Waals surface area contributed by atoms with Crippen LogP contribution in [0.2, 0.25) is 0 Å². The minimum absolute atomic E-state index is 0. The number of hydrogen-bond donors (Lipinski definition) is 0. The molecule has 0 aliphatic heterocycles. The van der Waals surface area contributed by atoms with Crippen molar-refractivity contribution in [2.24, 2.45) is 0 Å². The molecule has 3 heteroatoms. The molecule has 1 nitrogen and oxygen atoms in total. The van der Waals surface area contributed by atoms with Gasteiger partial charge in [0, 0.05) is 0 Å². The van der Waals surface area contributed by atoms with Gasteiger partial charge in [-0.2, -0.15) is 0 Å². The molecule has 0 aliphatic carbocycles. The summed E-state index contributed by atoms with van der Waals surface area (Å²) in [6, 6.07) is 8.49. The number of benzene rings is 1. The zero-order chi connectivity index (χ0) is 6.97. The van der Waals surface area contributed by atoms with E-state index in [1.807, 2.05) is 0 Å². The molecular weight excluding hydrogens is 316 g/mol. The third kappa shape index (κ3) is 1.83. The predicted molar refractivity (Wildman–Crippen MR) is 42.2 cm³/mol. The van der Waals surface area contributed by atoms with Crippen molar-refractivity contribution in [3.63, 3.8) is 0 Å². The number of nitrogens with one attached hydrogen (secondary N) is 1. The fourth-order valence-electron chi connectivity index (χ4n) is 1.04. The molecule has 11 heavy (non-hydrogen) atoms. The normalized spacial score (nSPS) is 9.55. The van der Waals surface area contributed by atoms with Gasteiger partial charge in [-0.15, -0.1) is 0 Å². The first-order valence-electron chi connectivity index (χ1n) is 3.24. The maximum absolute atomic E-state index is 3.34. The topological polar surface area (TPSA) is 14.1 Å². The molecule has 0 aliphatic rings. The number of aromatic amines is 1. The predicted octanol–water partition coefficient (Wildman–Crippen LogP) is -1.98. The number of halogens is 1. The van der Waals surface area contributed by atoms with Crippen LogP contribution < -0.4 is 29.0 Å². The van der Waals surface area contributed by atoms with Crippen LogP contribution in [0.1, 0.15) is 4.57 Å². The van der Waals surface area contributed by atoms with Crippen molar-refractivity contribution in [2.45, 2.75) is 6.92 Å². The Kier molecular flexibility index (Phi) is 3.10. The monoisotopic (exact) mass is 325 g/mol. The number of fused-ring (bicyclic) bond motifs is 1. The van der Waals surface area contributed by atoms with Crippen molar-refractivity contribution >= 4 is 24.3 Å². The number of rotatable bonds is 0. The van der Waals surface area contributed by atoms with E-state index in [1.165, 1.54) is 14.3 Å². The minimum atomic E-state index is 0. The third-order valence-corrected chi connectivity index (χ3v) is 3.53. The molecule has 1 aromatic carbocycles. The van der Waals surface area contributed by atoms with E-state index < -0.39 is 0 Å². The van der Waals surface area contributed by atoms with Crippen molar-refractivity contribution in [1.29, 1.82) is 0 Å². The Morgan fingerprint density at radius 2 is 2.00 bits per heavy atom. The molecule has 0 saturated heterocycles. The Balaban J connectivity index is 0.000000605. The first-order valence-corrected chi connectivity index (χ1v) is 4.95. The van der Waals surface area contributed by atoms with Crippen molar-refractivity contribution in [3.8, 4) is 0 Å². The molecule has 0 amide bonds. The average Bonchev–Trinajstić information content (AvgIpc) is 2.27. The molecule has 0 unspecified atom stereocenters. The van der Waals surface area contributed by atoms with Crippen molar-refractivity contribution in [1.82, 2.24) is 0 Å². The van der Waals surface area contributed by atoms with Crippen LogP contribution in [-0.2, 0) is 0 Å². The van der Waals surface area contributed by atoms with Gasteiger partial charge < -0.3 is 24.0 Å². The smallest absolute Gasteiger partial charge is 1.00 e. The SMILES string of the molecule is Cc1[nH+]c2ccccc2[se]1.[I-]. The zero-order valence-electron chi connectivity index (χ0n) is 6.10. The first kappa shape index (κ1) is 9.23. The molecule has 0 radical (unpaired) electrons. The Labute approximate surface area is 88.6 Å². The largest absolute Gasteiger partial charge is 1.00 e. The molecule has 2 rings (SSSR count). The molecule has 0 atom stereocenters. The van der Waals surface area contributed by atoms with Crippen LogP contribution >= 0.6 is 0 Å². The van der Waals surface area contributed by atoms with Gasteiger partial charge in [0.1, 0.15) is 0 Å².